The number of halogens is 1. The van der Waals surface area contributed by atoms with Crippen LogP contribution >= 0.6 is 15.9 Å². The smallest absolute Gasteiger partial charge is 0.306 e. The maximum absolute atomic E-state index is 12.4. The summed E-state index contributed by atoms with van der Waals surface area (Å²) in [6, 6.07) is 9.86. The summed E-state index contributed by atoms with van der Waals surface area (Å²) in [5.41, 5.74) is 0.735. The summed E-state index contributed by atoms with van der Waals surface area (Å²) >= 11 is 3.31. The number of ketones is 2. The number of rotatable bonds is 8. The van der Waals surface area contributed by atoms with Crippen molar-refractivity contribution in [1.29, 1.82) is 0 Å². The van der Waals surface area contributed by atoms with E-state index in [4.69, 9.17) is 18.9 Å². The summed E-state index contributed by atoms with van der Waals surface area (Å²) in [5.74, 6) is 0.250. The Morgan fingerprint density at radius 2 is 1.72 bits per heavy atom. The van der Waals surface area contributed by atoms with Crippen LogP contribution in [0, 0.1) is 0 Å². The van der Waals surface area contributed by atoms with Crippen LogP contribution in [0.2, 0.25) is 0 Å². The van der Waals surface area contributed by atoms with Crippen molar-refractivity contribution < 1.29 is 33.3 Å². The van der Waals surface area contributed by atoms with Gasteiger partial charge in [-0.3, -0.25) is 14.4 Å². The predicted octanol–water partition coefficient (Wildman–Crippen LogP) is 3.62. The Balaban J connectivity index is 1.50. The van der Waals surface area contributed by atoms with Gasteiger partial charge in [-0.05, 0) is 36.4 Å². The monoisotopic (exact) mass is 462 g/mol. The van der Waals surface area contributed by atoms with Crippen molar-refractivity contribution in [1.82, 2.24) is 0 Å². The van der Waals surface area contributed by atoms with E-state index in [1.165, 1.54) is 7.11 Å². The van der Waals surface area contributed by atoms with Crippen molar-refractivity contribution in [3.8, 4) is 17.2 Å². The Morgan fingerprint density at radius 1 is 0.966 bits per heavy atom. The first-order chi connectivity index (χ1) is 14.0. The largest absolute Gasteiger partial charge is 0.496 e. The Bertz CT molecular complexity index is 939. The lowest BCUT2D eigenvalue weighted by Crippen LogP contribution is -2.17. The zero-order valence-corrected chi connectivity index (χ0v) is 17.3. The van der Waals surface area contributed by atoms with Crippen LogP contribution in [0.1, 0.15) is 33.6 Å². The molecule has 0 radical (unpaired) electrons. The number of carbonyl (C=O) groups is 3. The van der Waals surface area contributed by atoms with Gasteiger partial charge < -0.3 is 18.9 Å². The molecule has 29 heavy (non-hydrogen) atoms. The number of carbonyl (C=O) groups excluding carboxylic acids is 3. The highest BCUT2D eigenvalue weighted by atomic mass is 79.9. The van der Waals surface area contributed by atoms with Gasteiger partial charge in [0.05, 0.1) is 19.1 Å². The molecule has 0 spiro atoms. The van der Waals surface area contributed by atoms with Crippen molar-refractivity contribution in [2.45, 2.75) is 12.8 Å². The van der Waals surface area contributed by atoms with Gasteiger partial charge in [-0.15, -0.1) is 0 Å². The molecule has 0 saturated carbocycles. The van der Waals surface area contributed by atoms with E-state index in [-0.39, 0.29) is 24.4 Å². The van der Waals surface area contributed by atoms with Gasteiger partial charge in [-0.2, -0.15) is 0 Å². The van der Waals surface area contributed by atoms with E-state index in [2.05, 4.69) is 15.9 Å². The standard InChI is InChI=1S/C21H19BrO7/c1-26-18-6-3-14(22)11-15(18)16(23)4-7-21(25)29-12-17(24)13-2-5-19-20(10-13)28-9-8-27-19/h2-3,5-6,10-11H,4,7-9,12H2,1H3. The number of ether oxygens (including phenoxy) is 4. The average molecular weight is 463 g/mol. The van der Waals surface area contributed by atoms with Crippen LogP contribution < -0.4 is 14.2 Å². The van der Waals surface area contributed by atoms with Gasteiger partial charge in [0, 0.05) is 16.5 Å². The number of benzene rings is 2. The second-order valence-corrected chi connectivity index (χ2v) is 7.13. The highest BCUT2D eigenvalue weighted by Crippen LogP contribution is 2.31. The predicted molar refractivity (Wildman–Crippen MR) is 107 cm³/mol. The normalized spacial score (nSPS) is 12.2. The minimum absolute atomic E-state index is 0.0517. The maximum Gasteiger partial charge on any atom is 0.306 e. The summed E-state index contributed by atoms with van der Waals surface area (Å²) in [4.78, 5) is 36.6. The number of methoxy groups -OCH3 is 1. The maximum atomic E-state index is 12.4. The Kier molecular flexibility index (Phi) is 6.87. The Hall–Kier alpha value is -2.87. The molecule has 152 valence electrons. The van der Waals surface area contributed by atoms with Crippen molar-refractivity contribution in [2.24, 2.45) is 0 Å². The molecule has 7 nitrogen and oxygen atoms in total. The molecule has 0 unspecified atom stereocenters. The number of esters is 1. The molecule has 2 aromatic carbocycles. The molecule has 0 amide bonds. The Morgan fingerprint density at radius 3 is 2.48 bits per heavy atom. The highest BCUT2D eigenvalue weighted by Gasteiger charge is 2.18. The van der Waals surface area contributed by atoms with E-state index >= 15 is 0 Å². The van der Waals surface area contributed by atoms with E-state index in [9.17, 15) is 14.4 Å². The van der Waals surface area contributed by atoms with Crippen molar-refractivity contribution in [2.75, 3.05) is 26.9 Å². The first-order valence-corrected chi connectivity index (χ1v) is 9.72. The molecule has 2 aromatic rings. The first kappa shape index (κ1) is 20.9. The van der Waals surface area contributed by atoms with Gasteiger partial charge >= 0.3 is 5.97 Å². The molecule has 0 fully saturated rings. The number of hydrogen-bond acceptors (Lipinski definition) is 7. The third-order valence-corrected chi connectivity index (χ3v) is 4.74. The van der Waals surface area contributed by atoms with Gasteiger partial charge in [0.1, 0.15) is 19.0 Å². The fourth-order valence-electron chi connectivity index (χ4n) is 2.77. The van der Waals surface area contributed by atoms with Gasteiger partial charge in [-0.25, -0.2) is 0 Å². The summed E-state index contributed by atoms with van der Waals surface area (Å²) in [7, 11) is 1.47. The molecule has 0 aromatic heterocycles. The lowest BCUT2D eigenvalue weighted by molar-refractivity contribution is -0.142. The SMILES string of the molecule is COc1ccc(Br)cc1C(=O)CCC(=O)OCC(=O)c1ccc2c(c1)OCCO2. The molecule has 1 aliphatic heterocycles. The molecule has 8 heteroatoms. The van der Waals surface area contributed by atoms with E-state index in [0.29, 0.717) is 41.6 Å². The van der Waals surface area contributed by atoms with Gasteiger partial charge in [0.2, 0.25) is 0 Å². The van der Waals surface area contributed by atoms with Crippen LogP contribution in [0.5, 0.6) is 17.2 Å². The summed E-state index contributed by atoms with van der Waals surface area (Å²) in [6.45, 7) is 0.464. The van der Waals surface area contributed by atoms with Crippen LogP contribution in [-0.4, -0.2) is 44.5 Å². The van der Waals surface area contributed by atoms with Gasteiger partial charge in [-0.1, -0.05) is 15.9 Å². The number of fused-ring (bicyclic) bond motifs is 1. The molecule has 0 aliphatic carbocycles. The molecule has 0 N–H and O–H groups in total. The zero-order chi connectivity index (χ0) is 20.8. The van der Waals surface area contributed by atoms with Crippen LogP contribution in [-0.2, 0) is 9.53 Å². The van der Waals surface area contributed by atoms with Crippen molar-refractivity contribution >= 4 is 33.5 Å². The summed E-state index contributed by atoms with van der Waals surface area (Å²) < 4.78 is 21.8. The third-order valence-electron chi connectivity index (χ3n) is 4.25. The average Bonchev–Trinajstić information content (AvgIpc) is 2.75. The lowest BCUT2D eigenvalue weighted by Gasteiger charge is -2.18. The van der Waals surface area contributed by atoms with Crippen LogP contribution in [0.25, 0.3) is 0 Å². The van der Waals surface area contributed by atoms with E-state index in [0.717, 1.165) is 4.47 Å². The number of Topliss-reactive ketones (excluding diaryl/α,β-unsaturated/α-hetero) is 2. The highest BCUT2D eigenvalue weighted by molar-refractivity contribution is 9.10. The molecule has 1 aliphatic rings. The van der Waals surface area contributed by atoms with Gasteiger partial charge in [0.15, 0.2) is 29.7 Å². The fourth-order valence-corrected chi connectivity index (χ4v) is 3.13. The quantitative estimate of drug-likeness (QED) is 0.437. The van der Waals surface area contributed by atoms with Crippen LogP contribution in [0.15, 0.2) is 40.9 Å². The second-order valence-electron chi connectivity index (χ2n) is 6.21. The molecular formula is C21H19BrO7. The summed E-state index contributed by atoms with van der Waals surface area (Å²) in [6.07, 6.45) is -0.188. The molecule has 0 bridgehead atoms. The van der Waals surface area contributed by atoms with E-state index < -0.39 is 12.6 Å². The fraction of sp³-hybridized carbons (Fsp3) is 0.286. The van der Waals surface area contributed by atoms with Crippen LogP contribution in [0.4, 0.5) is 0 Å². The lowest BCUT2D eigenvalue weighted by atomic mass is 10.1. The molecule has 3 rings (SSSR count). The molecule has 0 saturated heterocycles. The van der Waals surface area contributed by atoms with E-state index in [1.54, 1.807) is 36.4 Å². The van der Waals surface area contributed by atoms with Gasteiger partial charge in [0.25, 0.3) is 0 Å². The minimum Gasteiger partial charge on any atom is -0.496 e. The molecule has 1 heterocycles. The van der Waals surface area contributed by atoms with Crippen molar-refractivity contribution in [3.63, 3.8) is 0 Å². The minimum atomic E-state index is -0.627. The van der Waals surface area contributed by atoms with E-state index in [1.807, 2.05) is 0 Å². The third kappa shape index (κ3) is 5.35. The topological polar surface area (TPSA) is 88.1 Å². The Labute approximate surface area is 176 Å². The first-order valence-electron chi connectivity index (χ1n) is 8.93. The molecule has 0 atom stereocenters. The van der Waals surface area contributed by atoms with Crippen molar-refractivity contribution in [3.05, 3.63) is 52.0 Å². The summed E-state index contributed by atoms with van der Waals surface area (Å²) in [5, 5.41) is 0. The zero-order valence-electron chi connectivity index (χ0n) is 15.7. The molecular weight excluding hydrogens is 444 g/mol. The number of hydrogen-bond donors (Lipinski definition) is 0. The van der Waals surface area contributed by atoms with Crippen LogP contribution in [0.3, 0.4) is 0 Å². The second kappa shape index (κ2) is 9.56.